The molecule has 0 fully saturated rings. The monoisotopic (exact) mass is 763 g/mol. The van der Waals surface area contributed by atoms with E-state index in [1.807, 2.05) is 18.2 Å². The molecule has 0 spiro atoms. The van der Waals surface area contributed by atoms with Gasteiger partial charge in [0.2, 0.25) is 0 Å². The Hall–Kier alpha value is -2.89. The first kappa shape index (κ1) is 38.6. The van der Waals surface area contributed by atoms with Crippen molar-refractivity contribution in [1.82, 2.24) is 10.6 Å². The van der Waals surface area contributed by atoms with Crippen molar-refractivity contribution in [2.24, 2.45) is 5.73 Å². The molecule has 3 rings (SSSR count). The summed E-state index contributed by atoms with van der Waals surface area (Å²) in [5.74, 6) is -1.03. The van der Waals surface area contributed by atoms with Gasteiger partial charge in [-0.05, 0) is 0 Å². The summed E-state index contributed by atoms with van der Waals surface area (Å²) in [6, 6.07) is 30.2. The molecule has 254 valence electrons. The minimum atomic E-state index is -2.99. The van der Waals surface area contributed by atoms with Gasteiger partial charge in [0, 0.05) is 0 Å². The Kier molecular flexibility index (Phi) is 15.7. The van der Waals surface area contributed by atoms with E-state index < -0.39 is 41.1 Å². The maximum absolute atomic E-state index is 12.9. The topological polar surface area (TPSA) is 137 Å². The number of carbonyl (C=O) groups is 4. The molecular weight excluding hydrogens is 721 g/mol. The molecule has 0 aliphatic rings. The van der Waals surface area contributed by atoms with Gasteiger partial charge >= 0.3 is 249 Å². The second-order valence-corrected chi connectivity index (χ2v) is 22.5. The van der Waals surface area contributed by atoms with Gasteiger partial charge in [0.1, 0.15) is 6.04 Å². The third-order valence-electron chi connectivity index (χ3n) is 7.73. The standard InChI is InChI=1S/C34H43BrN3O6PS2/c1-43-32(40)24-37-33(41)30(38-31(39)21-20-29(36)34(42)44-2)25-47-46-23-13-12-22-45(35,26-14-6-3-7-15-26,27-16-8-4-9-17-27)28-18-10-5-11-19-28/h3-11,14-19,29-30H,12-13,20-25,36H2,1-2H3,(H,37,41)(H,38,39)/t29-,30-/m0/s1. The number of unbranched alkanes of at least 4 members (excludes halogenated alkanes) is 1. The zero-order valence-corrected chi connectivity index (χ0v) is 30.8. The zero-order valence-electron chi connectivity index (χ0n) is 26.6. The van der Waals surface area contributed by atoms with Gasteiger partial charge in [0.25, 0.3) is 0 Å². The Balaban J connectivity index is 1.64. The van der Waals surface area contributed by atoms with Crippen LogP contribution in [0.25, 0.3) is 0 Å². The van der Waals surface area contributed by atoms with Crippen LogP contribution in [0.4, 0.5) is 0 Å². The van der Waals surface area contributed by atoms with E-state index in [4.69, 9.17) is 5.73 Å². The van der Waals surface area contributed by atoms with Gasteiger partial charge in [-0.25, -0.2) is 0 Å². The van der Waals surface area contributed by atoms with Crippen LogP contribution in [0.5, 0.6) is 0 Å². The predicted molar refractivity (Wildman–Crippen MR) is 199 cm³/mol. The first-order valence-corrected chi connectivity index (χ1v) is 22.2. The zero-order chi connectivity index (χ0) is 34.1. The summed E-state index contributed by atoms with van der Waals surface area (Å²) in [5, 5.41) is 6.07. The number of halogens is 1. The molecule has 4 N–H and O–H groups in total. The van der Waals surface area contributed by atoms with Crippen molar-refractivity contribution < 1.29 is 28.7 Å². The molecule has 0 bridgehead atoms. The van der Waals surface area contributed by atoms with Gasteiger partial charge in [-0.2, -0.15) is 0 Å². The molecule has 0 saturated carbocycles. The minimum Gasteiger partial charge on any atom is -0.468 e. The van der Waals surface area contributed by atoms with Gasteiger partial charge < -0.3 is 15.2 Å². The molecule has 0 aliphatic carbocycles. The average Bonchev–Trinajstić information content (AvgIpc) is 3.12. The Morgan fingerprint density at radius 2 is 1.34 bits per heavy atom. The first-order valence-electron chi connectivity index (χ1n) is 15.2. The maximum atomic E-state index is 12.9. The number of benzene rings is 3. The molecule has 3 aromatic carbocycles. The molecule has 0 aliphatic heterocycles. The van der Waals surface area contributed by atoms with Crippen LogP contribution < -0.4 is 32.3 Å². The molecule has 0 heterocycles. The van der Waals surface area contributed by atoms with E-state index in [-0.39, 0.29) is 25.1 Å². The molecule has 3 aromatic rings. The number of esters is 2. The summed E-state index contributed by atoms with van der Waals surface area (Å²) >= 11 is 4.49. The molecule has 9 nitrogen and oxygen atoms in total. The van der Waals surface area contributed by atoms with Crippen molar-refractivity contribution in [3.05, 3.63) is 91.0 Å². The van der Waals surface area contributed by atoms with E-state index in [1.165, 1.54) is 40.9 Å². The van der Waals surface area contributed by atoms with Crippen LogP contribution in [0, 0.1) is 0 Å². The Morgan fingerprint density at radius 1 is 0.809 bits per heavy atom. The van der Waals surface area contributed by atoms with Crippen molar-refractivity contribution in [2.75, 3.05) is 38.4 Å². The van der Waals surface area contributed by atoms with Crippen molar-refractivity contribution >= 4 is 82.0 Å². The molecule has 2 amide bonds. The summed E-state index contributed by atoms with van der Waals surface area (Å²) in [6.45, 7) is -0.310. The van der Waals surface area contributed by atoms with Crippen LogP contribution in [0.1, 0.15) is 25.7 Å². The molecule has 13 heteroatoms. The fraction of sp³-hybridized carbons (Fsp3) is 0.353. The van der Waals surface area contributed by atoms with Crippen molar-refractivity contribution in [2.45, 2.75) is 37.8 Å². The predicted octanol–water partition coefficient (Wildman–Crippen LogP) is 4.04. The smallest absolute Gasteiger partial charge is 0.468 e. The van der Waals surface area contributed by atoms with Crippen LogP contribution in [-0.4, -0.2) is 74.3 Å². The van der Waals surface area contributed by atoms with E-state index in [9.17, 15) is 19.2 Å². The Morgan fingerprint density at radius 3 is 1.83 bits per heavy atom. The van der Waals surface area contributed by atoms with Crippen LogP contribution in [0.15, 0.2) is 91.0 Å². The van der Waals surface area contributed by atoms with Crippen molar-refractivity contribution in [3.63, 3.8) is 0 Å². The summed E-state index contributed by atoms with van der Waals surface area (Å²) in [4.78, 5) is 48.6. The molecule has 2 atom stereocenters. The second kappa shape index (κ2) is 19.2. The molecule has 0 radical (unpaired) electrons. The molecule has 0 aromatic heterocycles. The third-order valence-corrected chi connectivity index (χ3v) is 20.3. The van der Waals surface area contributed by atoms with Gasteiger partial charge in [-0.1, -0.05) is 0 Å². The van der Waals surface area contributed by atoms with E-state index in [0.717, 1.165) is 24.8 Å². The molecule has 0 unspecified atom stereocenters. The third kappa shape index (κ3) is 10.5. The van der Waals surface area contributed by atoms with E-state index in [1.54, 1.807) is 10.8 Å². The van der Waals surface area contributed by atoms with Crippen LogP contribution >= 0.6 is 42.4 Å². The Labute approximate surface area is 292 Å². The van der Waals surface area contributed by atoms with Crippen LogP contribution in [-0.2, 0) is 28.7 Å². The van der Waals surface area contributed by atoms with Crippen LogP contribution in [0.3, 0.4) is 0 Å². The van der Waals surface area contributed by atoms with E-state index in [2.05, 4.69) is 108 Å². The number of ether oxygens (including phenoxy) is 2. The quantitative estimate of drug-likeness (QED) is 0.0716. The molecular formula is C34H43BrN3O6PS2. The molecule has 47 heavy (non-hydrogen) atoms. The molecule has 0 saturated heterocycles. The fourth-order valence-corrected chi connectivity index (χ4v) is 15.2. The average molecular weight is 765 g/mol. The van der Waals surface area contributed by atoms with Gasteiger partial charge in [0.05, 0.1) is 14.2 Å². The van der Waals surface area contributed by atoms with E-state index >= 15 is 0 Å². The summed E-state index contributed by atoms with van der Waals surface area (Å²) < 4.78 is 9.21. The van der Waals surface area contributed by atoms with Crippen LogP contribution in [0.2, 0.25) is 0 Å². The Bertz CT molecular complexity index is 1360. The normalized spacial score (nSPS) is 13.3. The fourth-order valence-electron chi connectivity index (χ4n) is 5.16. The first-order chi connectivity index (χ1) is 22.6. The number of hydrogen-bond donors (Lipinski definition) is 3. The summed E-state index contributed by atoms with van der Waals surface area (Å²) in [5.41, 5.74) is 5.74. The number of nitrogens with one attached hydrogen (secondary N) is 2. The van der Waals surface area contributed by atoms with Gasteiger partial charge in [-0.15, -0.1) is 0 Å². The summed E-state index contributed by atoms with van der Waals surface area (Å²) in [6.07, 6.45) is 2.83. The number of rotatable bonds is 19. The number of methoxy groups -OCH3 is 2. The van der Waals surface area contributed by atoms with Crippen molar-refractivity contribution in [3.8, 4) is 0 Å². The SMILES string of the molecule is COC(=O)CNC(=O)[C@H](CSSCCCCP(Br)(c1ccccc1)(c1ccccc1)c1ccccc1)NC(=O)CC[C@H](N)C(=O)OC. The second-order valence-electron chi connectivity index (χ2n) is 10.8. The number of hydrogen-bond acceptors (Lipinski definition) is 9. The number of nitrogens with two attached hydrogens (primary N) is 1. The number of amides is 2. The van der Waals surface area contributed by atoms with Gasteiger partial charge in [0.15, 0.2) is 0 Å². The van der Waals surface area contributed by atoms with Crippen molar-refractivity contribution in [1.29, 1.82) is 0 Å². The number of carbonyl (C=O) groups excluding carboxylic acids is 4. The van der Waals surface area contributed by atoms with E-state index in [0.29, 0.717) is 0 Å². The van der Waals surface area contributed by atoms with Gasteiger partial charge in [-0.3, -0.25) is 9.59 Å². The minimum absolute atomic E-state index is 0.0579. The summed E-state index contributed by atoms with van der Waals surface area (Å²) in [7, 11) is 5.56.